The molecule has 0 aliphatic heterocycles. The normalized spacial score (nSPS) is 32.1. The summed E-state index contributed by atoms with van der Waals surface area (Å²) < 4.78 is 0. The molecule has 0 saturated heterocycles. The third kappa shape index (κ3) is 4.30. The van der Waals surface area contributed by atoms with Crippen LogP contribution in [0.25, 0.3) is 45.6 Å². The zero-order chi connectivity index (χ0) is 39.4. The molecule has 0 N–H and O–H groups in total. The van der Waals surface area contributed by atoms with Gasteiger partial charge >= 0.3 is 0 Å². The Hall–Kier alpha value is -4.32. The monoisotopic (exact) mass is 764 g/mol. The molecule has 0 amide bonds. The fraction of sp³-hybridized carbons (Fsp3) is 0.538. The molecule has 6 nitrogen and oxygen atoms in total. The minimum atomic E-state index is 0.338. The zero-order valence-corrected chi connectivity index (χ0v) is 35.6. The first-order valence-electron chi connectivity index (χ1n) is 22.6. The van der Waals surface area contributed by atoms with Gasteiger partial charge in [0.2, 0.25) is 0 Å². The summed E-state index contributed by atoms with van der Waals surface area (Å²) in [6.07, 6.45) is 9.21. The summed E-state index contributed by atoms with van der Waals surface area (Å²) in [5.74, 6) is 5.01. The molecule has 4 fully saturated rings. The fourth-order valence-corrected chi connectivity index (χ4v) is 14.1. The van der Waals surface area contributed by atoms with Gasteiger partial charge in [-0.25, -0.2) is 9.97 Å². The van der Waals surface area contributed by atoms with Crippen molar-refractivity contribution in [1.29, 1.82) is 0 Å². The predicted molar refractivity (Wildman–Crippen MR) is 228 cm³/mol. The lowest BCUT2D eigenvalue weighted by Crippen LogP contribution is -2.48. The molecule has 4 saturated carbocycles. The first kappa shape index (κ1) is 34.5. The van der Waals surface area contributed by atoms with E-state index in [9.17, 15) is 0 Å². The van der Waals surface area contributed by atoms with E-state index in [1.807, 2.05) is 0 Å². The third-order valence-electron chi connectivity index (χ3n) is 19.0. The Morgan fingerprint density at radius 1 is 0.328 bits per heavy atom. The summed E-state index contributed by atoms with van der Waals surface area (Å²) >= 11 is 0. The van der Waals surface area contributed by atoms with Gasteiger partial charge in [0.15, 0.2) is 0 Å². The van der Waals surface area contributed by atoms with Crippen LogP contribution in [0.5, 0.6) is 0 Å². The van der Waals surface area contributed by atoms with Crippen LogP contribution in [0.2, 0.25) is 0 Å². The van der Waals surface area contributed by atoms with E-state index in [2.05, 4.69) is 104 Å². The summed E-state index contributed by atoms with van der Waals surface area (Å²) in [6.45, 7) is 19.5. The minimum absolute atomic E-state index is 0.338. The van der Waals surface area contributed by atoms with Crippen molar-refractivity contribution in [3.63, 3.8) is 0 Å². The van der Waals surface area contributed by atoms with Gasteiger partial charge in [-0.3, -0.25) is 19.9 Å². The molecule has 0 radical (unpaired) electrons. The molecule has 8 bridgehead atoms. The van der Waals surface area contributed by atoms with Crippen LogP contribution in [0.15, 0.2) is 48.5 Å². The van der Waals surface area contributed by atoms with Gasteiger partial charge in [-0.05, 0) is 167 Å². The van der Waals surface area contributed by atoms with Crippen molar-refractivity contribution in [3.8, 4) is 45.6 Å². The lowest BCUT2D eigenvalue weighted by Gasteiger charge is -2.56. The van der Waals surface area contributed by atoms with Gasteiger partial charge in [0, 0.05) is 22.8 Å². The van der Waals surface area contributed by atoms with Crippen molar-refractivity contribution in [1.82, 2.24) is 29.9 Å². The quantitative estimate of drug-likeness (QED) is 0.181. The molecule has 12 aliphatic rings. The van der Waals surface area contributed by atoms with Crippen molar-refractivity contribution >= 4 is 0 Å². The van der Waals surface area contributed by atoms with E-state index in [0.29, 0.717) is 69.0 Å². The van der Waals surface area contributed by atoms with E-state index in [1.54, 1.807) is 0 Å². The van der Waals surface area contributed by atoms with Gasteiger partial charge in [0.1, 0.15) is 22.8 Å². The molecule has 6 heteroatoms. The van der Waals surface area contributed by atoms with E-state index in [0.717, 1.165) is 71.2 Å². The molecule has 5 heterocycles. The molecule has 5 aromatic rings. The highest BCUT2D eigenvalue weighted by Crippen LogP contribution is 2.65. The van der Waals surface area contributed by atoms with E-state index < -0.39 is 0 Å². The summed E-state index contributed by atoms with van der Waals surface area (Å²) in [5, 5.41) is 0. The molecule has 17 rings (SSSR count). The zero-order valence-electron chi connectivity index (χ0n) is 35.6. The SMILES string of the molecule is CC1(C)[C@H]2Cc3nc(-c4nc(-c5ccc6c(n5)C[C@H]5C[C@@H]6C5(C)C)c(-c5ccc6c(n5)C[C@H]5C[C@@H]6C5(C)C)nc4-c4ccc5c(n4)C[C@H]4C[C@@H]5C4(C)C)ccc3[C@@H]1C2. The summed E-state index contributed by atoms with van der Waals surface area (Å²) in [4.78, 5) is 33.5. The average Bonchev–Trinajstić information content (AvgIpc) is 3.23. The average molecular weight is 765 g/mol. The van der Waals surface area contributed by atoms with Crippen LogP contribution >= 0.6 is 0 Å². The lowest BCUT2D eigenvalue weighted by molar-refractivity contribution is 0.0169. The summed E-state index contributed by atoms with van der Waals surface area (Å²) in [6, 6.07) is 18.3. The second kappa shape index (κ2) is 10.9. The van der Waals surface area contributed by atoms with Crippen LogP contribution in [0.3, 0.4) is 0 Å². The molecular weight excluding hydrogens is 709 g/mol. The topological polar surface area (TPSA) is 77.3 Å². The predicted octanol–water partition coefficient (Wildman–Crippen LogP) is 11.5. The highest BCUT2D eigenvalue weighted by Gasteiger charge is 2.56. The van der Waals surface area contributed by atoms with Crippen LogP contribution < -0.4 is 0 Å². The van der Waals surface area contributed by atoms with E-state index >= 15 is 0 Å². The Labute approximate surface area is 343 Å². The van der Waals surface area contributed by atoms with Gasteiger partial charge in [0.25, 0.3) is 0 Å². The largest absolute Gasteiger partial charge is 0.251 e. The molecule has 5 aromatic heterocycles. The first-order chi connectivity index (χ1) is 27.7. The van der Waals surface area contributed by atoms with Gasteiger partial charge < -0.3 is 0 Å². The fourth-order valence-electron chi connectivity index (χ4n) is 14.1. The van der Waals surface area contributed by atoms with E-state index in [1.165, 1.54) is 70.7 Å². The molecule has 0 aromatic carbocycles. The van der Waals surface area contributed by atoms with Crippen LogP contribution in [0.4, 0.5) is 0 Å². The number of hydrogen-bond donors (Lipinski definition) is 0. The Morgan fingerprint density at radius 2 is 0.552 bits per heavy atom. The molecular formula is C52H56N6. The summed E-state index contributed by atoms with van der Waals surface area (Å²) in [5.41, 5.74) is 18.8. The molecule has 58 heavy (non-hydrogen) atoms. The van der Waals surface area contributed by atoms with Crippen molar-refractivity contribution in [3.05, 3.63) is 93.6 Å². The second-order valence-corrected chi connectivity index (χ2v) is 22.6. The Morgan fingerprint density at radius 3 is 0.759 bits per heavy atom. The number of nitrogens with zero attached hydrogens (tertiary/aromatic N) is 6. The number of pyridine rings is 4. The standard InChI is InChI=1S/C52H56N6/c1-49(2)25-17-33(49)29-9-13-37(53-41(29)21-25)45-46(38-14-10-30-34-18-26(50(34,3)4)22-42(30)54-38)58-48(40-16-12-32-36-20-28(52(36,7)8)24-44(32)56-40)47(57-45)39-15-11-31-35-19-27(51(35,5)6)23-43(31)55-39/h9-16,25-28,33-36H,17-24H2,1-8H3/t25-,26-,27-,28-,33+,34+,35+,36+/m1/s1. The van der Waals surface area contributed by atoms with Gasteiger partial charge in [0.05, 0.1) is 22.8 Å². The number of rotatable bonds is 4. The second-order valence-electron chi connectivity index (χ2n) is 22.6. The highest BCUT2D eigenvalue weighted by molar-refractivity contribution is 5.83. The molecule has 0 unspecified atom stereocenters. The van der Waals surface area contributed by atoms with E-state index in [-0.39, 0.29) is 0 Å². The maximum absolute atomic E-state index is 5.73. The molecule has 0 spiro atoms. The maximum Gasteiger partial charge on any atom is 0.117 e. The maximum atomic E-state index is 5.73. The van der Waals surface area contributed by atoms with Gasteiger partial charge in [-0.1, -0.05) is 79.7 Å². The third-order valence-corrected chi connectivity index (χ3v) is 19.0. The molecule has 12 aliphatic carbocycles. The van der Waals surface area contributed by atoms with Crippen LogP contribution in [0.1, 0.15) is 150 Å². The highest BCUT2D eigenvalue weighted by atomic mass is 15.0. The van der Waals surface area contributed by atoms with Gasteiger partial charge in [-0.15, -0.1) is 0 Å². The van der Waals surface area contributed by atoms with Crippen molar-refractivity contribution in [2.45, 2.75) is 130 Å². The van der Waals surface area contributed by atoms with Crippen LogP contribution in [-0.4, -0.2) is 29.9 Å². The summed E-state index contributed by atoms with van der Waals surface area (Å²) in [7, 11) is 0. The molecule has 8 atom stereocenters. The first-order valence-corrected chi connectivity index (χ1v) is 22.6. The minimum Gasteiger partial charge on any atom is -0.251 e. The molecule has 294 valence electrons. The Kier molecular flexibility index (Phi) is 6.48. The van der Waals surface area contributed by atoms with Crippen molar-refractivity contribution in [2.75, 3.05) is 0 Å². The lowest BCUT2D eigenvalue weighted by atomic mass is 9.48. The Balaban J connectivity index is 1.02. The van der Waals surface area contributed by atoms with Crippen molar-refractivity contribution in [2.24, 2.45) is 45.3 Å². The van der Waals surface area contributed by atoms with Crippen molar-refractivity contribution < 1.29 is 0 Å². The number of hydrogen-bond acceptors (Lipinski definition) is 6. The number of aromatic nitrogens is 6. The smallest absolute Gasteiger partial charge is 0.117 e. The van der Waals surface area contributed by atoms with E-state index in [4.69, 9.17) is 29.9 Å². The van der Waals surface area contributed by atoms with Crippen LogP contribution in [-0.2, 0) is 25.7 Å². The Bertz CT molecular complexity index is 2310. The van der Waals surface area contributed by atoms with Crippen LogP contribution in [0, 0.1) is 45.3 Å². The van der Waals surface area contributed by atoms with Gasteiger partial charge in [-0.2, -0.15) is 0 Å².